The number of furan rings is 1. The van der Waals surface area contributed by atoms with Crippen LogP contribution in [0.15, 0.2) is 192 Å². The molecule has 252 valence electrons. The molecule has 1 aliphatic carbocycles. The summed E-state index contributed by atoms with van der Waals surface area (Å²) in [5, 5.41) is 2.29. The van der Waals surface area contributed by atoms with Crippen LogP contribution in [0.5, 0.6) is 0 Å². The van der Waals surface area contributed by atoms with Gasteiger partial charge in [0, 0.05) is 33.2 Å². The molecule has 0 amide bonds. The Labute approximate surface area is 310 Å². The van der Waals surface area contributed by atoms with Gasteiger partial charge in [-0.3, -0.25) is 0 Å². The minimum Gasteiger partial charge on any atom is -0.456 e. The number of para-hydroxylation sites is 1. The first-order chi connectivity index (χ1) is 26.0. The van der Waals surface area contributed by atoms with Gasteiger partial charge in [0.25, 0.3) is 0 Å². The summed E-state index contributed by atoms with van der Waals surface area (Å²) in [4.78, 5) is 2.38. The molecule has 0 N–H and O–H groups in total. The Balaban J connectivity index is 1.05. The van der Waals surface area contributed by atoms with E-state index in [-0.39, 0.29) is 5.41 Å². The molecule has 1 aromatic heterocycles. The molecule has 0 fully saturated rings. The molecular formula is C51H37NO. The van der Waals surface area contributed by atoms with E-state index in [0.29, 0.717) is 0 Å². The van der Waals surface area contributed by atoms with Gasteiger partial charge in [0.2, 0.25) is 0 Å². The van der Waals surface area contributed by atoms with Crippen molar-refractivity contribution in [1.29, 1.82) is 0 Å². The molecule has 1 aliphatic rings. The van der Waals surface area contributed by atoms with Crippen molar-refractivity contribution in [3.05, 3.63) is 199 Å². The highest BCUT2D eigenvalue weighted by Crippen LogP contribution is 2.51. The summed E-state index contributed by atoms with van der Waals surface area (Å²) in [5.41, 5.74) is 17.6. The van der Waals surface area contributed by atoms with Crippen LogP contribution in [0.1, 0.15) is 25.0 Å². The van der Waals surface area contributed by atoms with Crippen molar-refractivity contribution in [2.75, 3.05) is 4.90 Å². The highest BCUT2D eigenvalue weighted by molar-refractivity contribution is 6.06. The summed E-state index contributed by atoms with van der Waals surface area (Å²) in [5.74, 6) is 0. The second-order valence-electron chi connectivity index (χ2n) is 14.6. The fraction of sp³-hybridized carbons (Fsp3) is 0.0588. The Morgan fingerprint density at radius 3 is 1.49 bits per heavy atom. The number of fused-ring (bicyclic) bond motifs is 6. The summed E-state index contributed by atoms with van der Waals surface area (Å²) < 4.78 is 6.23. The number of anilines is 3. The molecule has 0 unspecified atom stereocenters. The topological polar surface area (TPSA) is 16.4 Å². The lowest BCUT2D eigenvalue weighted by Crippen LogP contribution is -2.16. The number of hydrogen-bond donors (Lipinski definition) is 0. The lowest BCUT2D eigenvalue weighted by molar-refractivity contribution is 0.660. The van der Waals surface area contributed by atoms with Crippen LogP contribution >= 0.6 is 0 Å². The molecule has 2 nitrogen and oxygen atoms in total. The molecule has 53 heavy (non-hydrogen) atoms. The van der Waals surface area contributed by atoms with Crippen LogP contribution in [0.25, 0.3) is 66.4 Å². The molecule has 0 spiro atoms. The second kappa shape index (κ2) is 12.3. The van der Waals surface area contributed by atoms with Crippen LogP contribution in [0.2, 0.25) is 0 Å². The molecular weight excluding hydrogens is 643 g/mol. The van der Waals surface area contributed by atoms with E-state index in [2.05, 4.69) is 195 Å². The Hall–Kier alpha value is -6.64. The first kappa shape index (κ1) is 31.1. The quantitative estimate of drug-likeness (QED) is 0.174. The average molecular weight is 680 g/mol. The van der Waals surface area contributed by atoms with Gasteiger partial charge in [-0.15, -0.1) is 0 Å². The van der Waals surface area contributed by atoms with E-state index in [9.17, 15) is 0 Å². The highest BCUT2D eigenvalue weighted by atomic mass is 16.3. The maximum absolute atomic E-state index is 6.23. The summed E-state index contributed by atoms with van der Waals surface area (Å²) >= 11 is 0. The van der Waals surface area contributed by atoms with E-state index >= 15 is 0 Å². The first-order valence-electron chi connectivity index (χ1n) is 18.3. The maximum atomic E-state index is 6.23. The number of benzene rings is 8. The minimum atomic E-state index is -0.159. The molecule has 1 heterocycles. The molecule has 10 rings (SSSR count). The largest absolute Gasteiger partial charge is 0.456 e. The van der Waals surface area contributed by atoms with Crippen molar-refractivity contribution in [3.63, 3.8) is 0 Å². The van der Waals surface area contributed by atoms with E-state index in [4.69, 9.17) is 4.42 Å². The van der Waals surface area contributed by atoms with Gasteiger partial charge in [-0.1, -0.05) is 141 Å². The molecule has 9 aromatic rings. The third-order valence-electron chi connectivity index (χ3n) is 11.1. The summed E-state index contributed by atoms with van der Waals surface area (Å²) in [6, 6.07) is 67.9. The monoisotopic (exact) mass is 679 g/mol. The zero-order valence-electron chi connectivity index (χ0n) is 29.8. The third kappa shape index (κ3) is 5.26. The van der Waals surface area contributed by atoms with Gasteiger partial charge in [-0.2, -0.15) is 0 Å². The molecule has 0 saturated heterocycles. The number of nitrogens with zero attached hydrogens (tertiary/aromatic N) is 1. The fourth-order valence-electron chi connectivity index (χ4n) is 8.26. The normalized spacial score (nSPS) is 12.9. The molecule has 8 aromatic carbocycles. The Morgan fingerprint density at radius 1 is 0.358 bits per heavy atom. The van der Waals surface area contributed by atoms with Gasteiger partial charge < -0.3 is 9.32 Å². The van der Waals surface area contributed by atoms with E-state index in [1.54, 1.807) is 0 Å². The van der Waals surface area contributed by atoms with E-state index < -0.39 is 0 Å². The lowest BCUT2D eigenvalue weighted by Gasteiger charge is -2.28. The minimum absolute atomic E-state index is 0.159. The van der Waals surface area contributed by atoms with E-state index in [0.717, 1.165) is 50.1 Å². The molecule has 0 bridgehead atoms. The Kier molecular flexibility index (Phi) is 7.19. The van der Waals surface area contributed by atoms with Gasteiger partial charge in [0.15, 0.2) is 0 Å². The summed E-state index contributed by atoms with van der Waals surface area (Å²) in [6.45, 7) is 4.73. The molecule has 0 aliphatic heterocycles. The maximum Gasteiger partial charge on any atom is 0.136 e. The first-order valence-corrected chi connectivity index (χ1v) is 18.3. The molecule has 0 radical (unpaired) electrons. The fourth-order valence-corrected chi connectivity index (χ4v) is 8.26. The second-order valence-corrected chi connectivity index (χ2v) is 14.6. The highest BCUT2D eigenvalue weighted by Gasteiger charge is 2.36. The predicted octanol–water partition coefficient (Wildman–Crippen LogP) is 14.4. The van der Waals surface area contributed by atoms with Crippen molar-refractivity contribution in [3.8, 4) is 44.5 Å². The van der Waals surface area contributed by atoms with E-state index in [1.807, 2.05) is 12.1 Å². The van der Waals surface area contributed by atoms with E-state index in [1.165, 1.54) is 44.5 Å². The van der Waals surface area contributed by atoms with Gasteiger partial charge in [0.05, 0.1) is 0 Å². The van der Waals surface area contributed by atoms with Crippen LogP contribution in [0.4, 0.5) is 17.1 Å². The molecule has 2 heteroatoms. The number of hydrogen-bond acceptors (Lipinski definition) is 2. The van der Waals surface area contributed by atoms with Crippen LogP contribution in [-0.4, -0.2) is 0 Å². The number of rotatable bonds is 6. The van der Waals surface area contributed by atoms with Gasteiger partial charge in [0.1, 0.15) is 11.2 Å². The van der Waals surface area contributed by atoms with Crippen LogP contribution in [0, 0.1) is 0 Å². The van der Waals surface area contributed by atoms with Gasteiger partial charge >= 0.3 is 0 Å². The van der Waals surface area contributed by atoms with Crippen LogP contribution < -0.4 is 4.90 Å². The Morgan fingerprint density at radius 2 is 0.811 bits per heavy atom. The standard InChI is InChI=1S/C51H37NO/c1-51(2)47-31-38(35-13-7-4-8-14-35)21-28-43(47)44-30-27-42(33-48(44)51)52(40-23-17-36(18-24-40)34-11-5-3-6-12-34)41-25-19-37(20-26-41)39-22-29-46-45-15-9-10-16-49(45)53-50(46)32-39/h3-33H,1-2H3. The summed E-state index contributed by atoms with van der Waals surface area (Å²) in [7, 11) is 0. The zero-order valence-corrected chi connectivity index (χ0v) is 29.8. The van der Waals surface area contributed by atoms with Crippen LogP contribution in [-0.2, 0) is 5.41 Å². The smallest absolute Gasteiger partial charge is 0.136 e. The summed E-state index contributed by atoms with van der Waals surface area (Å²) in [6.07, 6.45) is 0. The molecule has 0 atom stereocenters. The lowest BCUT2D eigenvalue weighted by atomic mass is 9.81. The van der Waals surface area contributed by atoms with Crippen molar-refractivity contribution in [1.82, 2.24) is 0 Å². The Bertz CT molecular complexity index is 2780. The van der Waals surface area contributed by atoms with Crippen molar-refractivity contribution >= 4 is 39.0 Å². The third-order valence-corrected chi connectivity index (χ3v) is 11.1. The van der Waals surface area contributed by atoms with Crippen molar-refractivity contribution < 1.29 is 4.42 Å². The van der Waals surface area contributed by atoms with Crippen LogP contribution in [0.3, 0.4) is 0 Å². The van der Waals surface area contributed by atoms with Crippen molar-refractivity contribution in [2.45, 2.75) is 19.3 Å². The predicted molar refractivity (Wildman–Crippen MR) is 222 cm³/mol. The van der Waals surface area contributed by atoms with Crippen molar-refractivity contribution in [2.24, 2.45) is 0 Å². The SMILES string of the molecule is CC1(C)c2cc(-c3ccccc3)ccc2-c2ccc(N(c3ccc(-c4ccccc4)cc3)c3ccc(-c4ccc5c(c4)oc4ccccc45)cc3)cc21. The zero-order chi connectivity index (χ0) is 35.5. The van der Waals surface area contributed by atoms with Gasteiger partial charge in [-0.25, -0.2) is 0 Å². The average Bonchev–Trinajstić information content (AvgIpc) is 3.70. The van der Waals surface area contributed by atoms with Gasteiger partial charge in [-0.05, 0) is 116 Å². The molecule has 0 saturated carbocycles.